The Labute approximate surface area is 315 Å². The first-order valence-electron chi connectivity index (χ1n) is 19.1. The summed E-state index contributed by atoms with van der Waals surface area (Å²) in [6.07, 6.45) is 9.18. The number of hydrogen-bond acceptors (Lipinski definition) is 8. The van der Waals surface area contributed by atoms with Gasteiger partial charge in [-0.1, -0.05) is 68.3 Å². The molecule has 0 bridgehead atoms. The molecular formula is C45H56O8. The van der Waals surface area contributed by atoms with Gasteiger partial charge < -0.3 is 28.4 Å². The minimum Gasteiger partial charge on any atom is -0.497 e. The molecule has 0 aromatic heterocycles. The second-order valence-electron chi connectivity index (χ2n) is 13.1. The van der Waals surface area contributed by atoms with Crippen molar-refractivity contribution in [3.63, 3.8) is 0 Å². The summed E-state index contributed by atoms with van der Waals surface area (Å²) in [7, 11) is 3.33. The lowest BCUT2D eigenvalue weighted by Gasteiger charge is -2.15. The van der Waals surface area contributed by atoms with E-state index in [1.54, 1.807) is 14.2 Å². The standard InChI is InChI=1S/C45H56O8/c1-4-5-14-43(44(46)52-33-12-8-6-10-31-50-41-27-19-37(20-28-41)35-15-23-39(48-2)24-16-35)45(47)53-34-13-9-7-11-32-51-42-29-21-38(22-30-42)36-17-25-40(49-3)26-18-36/h15-30,43H,4-14,31-34H2,1-3H3. The molecule has 53 heavy (non-hydrogen) atoms. The molecule has 4 rings (SSSR count). The van der Waals surface area contributed by atoms with Crippen molar-refractivity contribution < 1.29 is 38.0 Å². The highest BCUT2D eigenvalue weighted by Gasteiger charge is 2.29. The van der Waals surface area contributed by atoms with Gasteiger partial charge in [0.1, 0.15) is 23.0 Å². The topological polar surface area (TPSA) is 89.5 Å². The average Bonchev–Trinajstić information content (AvgIpc) is 3.20. The van der Waals surface area contributed by atoms with Crippen LogP contribution in [0.4, 0.5) is 0 Å². The van der Waals surface area contributed by atoms with E-state index in [1.807, 2.05) is 79.7 Å². The molecule has 0 atom stereocenters. The summed E-state index contributed by atoms with van der Waals surface area (Å²) in [6, 6.07) is 32.1. The third-order valence-electron chi connectivity index (χ3n) is 9.07. The number of esters is 2. The van der Waals surface area contributed by atoms with E-state index in [4.69, 9.17) is 28.4 Å². The number of ether oxygens (including phenoxy) is 6. The molecule has 4 aromatic rings. The highest BCUT2D eigenvalue weighted by Crippen LogP contribution is 2.26. The Hall–Kier alpha value is -4.98. The number of rotatable bonds is 25. The van der Waals surface area contributed by atoms with Crippen molar-refractivity contribution in [2.24, 2.45) is 5.92 Å². The van der Waals surface area contributed by atoms with Crippen molar-refractivity contribution in [3.05, 3.63) is 97.1 Å². The summed E-state index contributed by atoms with van der Waals surface area (Å²) in [4.78, 5) is 25.6. The van der Waals surface area contributed by atoms with Gasteiger partial charge in [0, 0.05) is 0 Å². The number of unbranched alkanes of at least 4 members (excludes halogenated alkanes) is 7. The van der Waals surface area contributed by atoms with Crippen molar-refractivity contribution in [2.45, 2.75) is 77.6 Å². The number of carbonyl (C=O) groups is 2. The molecule has 0 fully saturated rings. The van der Waals surface area contributed by atoms with Crippen LogP contribution in [0.25, 0.3) is 22.3 Å². The van der Waals surface area contributed by atoms with E-state index in [0.717, 1.165) is 109 Å². The lowest BCUT2D eigenvalue weighted by Crippen LogP contribution is -2.28. The second-order valence-corrected chi connectivity index (χ2v) is 13.1. The van der Waals surface area contributed by atoms with E-state index >= 15 is 0 Å². The molecule has 4 aromatic carbocycles. The molecule has 0 amide bonds. The molecule has 0 radical (unpaired) electrons. The molecule has 0 saturated carbocycles. The van der Waals surface area contributed by atoms with Crippen molar-refractivity contribution in [1.29, 1.82) is 0 Å². The predicted molar refractivity (Wildman–Crippen MR) is 210 cm³/mol. The average molecular weight is 725 g/mol. The van der Waals surface area contributed by atoms with Gasteiger partial charge in [0.05, 0.1) is 40.6 Å². The summed E-state index contributed by atoms with van der Waals surface area (Å²) in [5.74, 6) is 1.56. The summed E-state index contributed by atoms with van der Waals surface area (Å²) >= 11 is 0. The lowest BCUT2D eigenvalue weighted by molar-refractivity contribution is -0.162. The van der Waals surface area contributed by atoms with E-state index in [2.05, 4.69) is 24.3 Å². The zero-order chi connectivity index (χ0) is 37.5. The normalized spacial score (nSPS) is 10.9. The lowest BCUT2D eigenvalue weighted by atomic mass is 10.0. The third kappa shape index (κ3) is 14.5. The third-order valence-corrected chi connectivity index (χ3v) is 9.07. The number of benzene rings is 4. The van der Waals surface area contributed by atoms with Gasteiger partial charge in [-0.2, -0.15) is 0 Å². The van der Waals surface area contributed by atoms with E-state index in [-0.39, 0.29) is 0 Å². The molecule has 0 unspecified atom stereocenters. The van der Waals surface area contributed by atoms with Gasteiger partial charge in [-0.15, -0.1) is 0 Å². The summed E-state index contributed by atoms with van der Waals surface area (Å²) in [5.41, 5.74) is 4.50. The molecule has 0 saturated heterocycles. The number of hydrogen-bond donors (Lipinski definition) is 0. The Morgan fingerprint density at radius 3 is 1.08 bits per heavy atom. The monoisotopic (exact) mass is 724 g/mol. The Morgan fingerprint density at radius 2 is 0.755 bits per heavy atom. The number of methoxy groups -OCH3 is 2. The van der Waals surface area contributed by atoms with Crippen LogP contribution in [0.5, 0.6) is 23.0 Å². The highest BCUT2D eigenvalue weighted by atomic mass is 16.6. The summed E-state index contributed by atoms with van der Waals surface area (Å²) in [5, 5.41) is 0. The first-order chi connectivity index (χ1) is 26.0. The van der Waals surface area contributed by atoms with Crippen LogP contribution in [0.1, 0.15) is 77.6 Å². The minimum atomic E-state index is -0.857. The molecule has 284 valence electrons. The second kappa shape index (κ2) is 23.6. The Morgan fingerprint density at radius 1 is 0.434 bits per heavy atom. The molecule has 0 spiro atoms. The van der Waals surface area contributed by atoms with E-state index < -0.39 is 17.9 Å². The van der Waals surface area contributed by atoms with Crippen molar-refractivity contribution in [1.82, 2.24) is 0 Å². The number of carbonyl (C=O) groups excluding carboxylic acids is 2. The Bertz CT molecular complexity index is 1480. The fraction of sp³-hybridized carbons (Fsp3) is 0.422. The van der Waals surface area contributed by atoms with E-state index in [9.17, 15) is 9.59 Å². The zero-order valence-electron chi connectivity index (χ0n) is 31.7. The van der Waals surface area contributed by atoms with Gasteiger partial charge in [0.25, 0.3) is 0 Å². The van der Waals surface area contributed by atoms with Crippen molar-refractivity contribution in [3.8, 4) is 45.3 Å². The molecule has 0 N–H and O–H groups in total. The molecule has 0 heterocycles. The predicted octanol–water partition coefficient (Wildman–Crippen LogP) is 10.5. The molecule has 0 aliphatic heterocycles. The molecule has 0 aliphatic rings. The maximum atomic E-state index is 12.8. The van der Waals surface area contributed by atoms with Crippen LogP contribution in [-0.4, -0.2) is 52.6 Å². The zero-order valence-corrected chi connectivity index (χ0v) is 31.7. The fourth-order valence-corrected chi connectivity index (χ4v) is 5.84. The van der Waals surface area contributed by atoms with Gasteiger partial charge in [-0.05, 0) is 129 Å². The van der Waals surface area contributed by atoms with Crippen LogP contribution in [0.3, 0.4) is 0 Å². The summed E-state index contributed by atoms with van der Waals surface area (Å²) < 4.78 is 33.3. The Kier molecular flexibility index (Phi) is 18.1. The van der Waals surface area contributed by atoms with Gasteiger partial charge in [-0.25, -0.2) is 0 Å². The molecule has 8 nitrogen and oxygen atoms in total. The van der Waals surface area contributed by atoms with Crippen LogP contribution >= 0.6 is 0 Å². The highest BCUT2D eigenvalue weighted by molar-refractivity contribution is 5.94. The van der Waals surface area contributed by atoms with Crippen LogP contribution in [0.15, 0.2) is 97.1 Å². The molecule has 0 aliphatic carbocycles. The summed E-state index contributed by atoms with van der Waals surface area (Å²) in [6.45, 7) is 3.90. The fourth-order valence-electron chi connectivity index (χ4n) is 5.84. The van der Waals surface area contributed by atoms with Crippen LogP contribution < -0.4 is 18.9 Å². The van der Waals surface area contributed by atoms with Gasteiger partial charge in [0.15, 0.2) is 5.92 Å². The molecule has 8 heteroatoms. The Balaban J connectivity index is 1.01. The van der Waals surface area contributed by atoms with Crippen molar-refractivity contribution in [2.75, 3.05) is 40.6 Å². The van der Waals surface area contributed by atoms with Gasteiger partial charge >= 0.3 is 11.9 Å². The minimum absolute atomic E-state index is 0.303. The van der Waals surface area contributed by atoms with Gasteiger partial charge in [-0.3, -0.25) is 9.59 Å². The van der Waals surface area contributed by atoms with E-state index in [1.165, 1.54) is 0 Å². The van der Waals surface area contributed by atoms with Crippen LogP contribution in [-0.2, 0) is 19.1 Å². The smallest absolute Gasteiger partial charge is 0.320 e. The van der Waals surface area contributed by atoms with Crippen LogP contribution in [0.2, 0.25) is 0 Å². The SMILES string of the molecule is CCCCC(C(=O)OCCCCCCOc1ccc(-c2ccc(OC)cc2)cc1)C(=O)OCCCCCCOc1ccc(-c2ccc(OC)cc2)cc1. The van der Waals surface area contributed by atoms with Crippen LogP contribution in [0, 0.1) is 5.92 Å². The van der Waals surface area contributed by atoms with Gasteiger partial charge in [0.2, 0.25) is 0 Å². The maximum Gasteiger partial charge on any atom is 0.320 e. The van der Waals surface area contributed by atoms with Crippen molar-refractivity contribution >= 4 is 11.9 Å². The van der Waals surface area contributed by atoms with E-state index in [0.29, 0.717) is 32.8 Å². The quantitative estimate of drug-likeness (QED) is 0.0379. The maximum absolute atomic E-state index is 12.8. The first kappa shape index (κ1) is 40.8. The first-order valence-corrected chi connectivity index (χ1v) is 19.1. The molecular weight excluding hydrogens is 668 g/mol. The largest absolute Gasteiger partial charge is 0.497 e.